The summed E-state index contributed by atoms with van der Waals surface area (Å²) in [5, 5.41) is 0.725. The van der Waals surface area contributed by atoms with Crippen LogP contribution in [0.15, 0.2) is 11.4 Å². The first-order chi connectivity index (χ1) is 9.65. The third-order valence-corrected chi connectivity index (χ3v) is 4.71. The highest BCUT2D eigenvalue weighted by atomic mass is 32.2. The van der Waals surface area contributed by atoms with E-state index in [1.807, 2.05) is 13.8 Å². The van der Waals surface area contributed by atoms with E-state index < -0.39 is 0 Å². The van der Waals surface area contributed by atoms with Crippen molar-refractivity contribution in [2.45, 2.75) is 43.5 Å². The van der Waals surface area contributed by atoms with E-state index in [4.69, 9.17) is 4.74 Å². The molecule has 0 spiro atoms. The number of thioether (sulfide) groups is 1. The molecule has 6 heteroatoms. The molecule has 0 saturated carbocycles. The maximum atomic E-state index is 11.9. The molecular formula is C14H21N3O2S. The van der Waals surface area contributed by atoms with E-state index in [0.717, 1.165) is 42.2 Å². The molecule has 1 atom stereocenters. The Bertz CT molecular complexity index is 481. The normalized spacial score (nSPS) is 16.6. The van der Waals surface area contributed by atoms with Crippen molar-refractivity contribution < 1.29 is 9.53 Å². The van der Waals surface area contributed by atoms with Gasteiger partial charge in [-0.3, -0.25) is 4.79 Å². The summed E-state index contributed by atoms with van der Waals surface area (Å²) >= 11 is 1.50. The van der Waals surface area contributed by atoms with Crippen LogP contribution in [0.1, 0.15) is 31.5 Å². The smallest absolute Gasteiger partial charge is 0.319 e. The van der Waals surface area contributed by atoms with E-state index in [-0.39, 0.29) is 11.2 Å². The summed E-state index contributed by atoms with van der Waals surface area (Å²) in [4.78, 5) is 22.9. The largest absolute Gasteiger partial charge is 0.465 e. The number of carbonyl (C=O) groups excluding carboxylic acids is 1. The number of ether oxygens (including phenoxy) is 1. The fourth-order valence-electron chi connectivity index (χ4n) is 2.22. The number of carbonyl (C=O) groups is 1. The molecule has 1 aromatic heterocycles. The highest BCUT2D eigenvalue weighted by Gasteiger charge is 2.24. The zero-order valence-electron chi connectivity index (χ0n) is 12.3. The lowest BCUT2D eigenvalue weighted by Gasteiger charge is -2.25. The van der Waals surface area contributed by atoms with Crippen LogP contribution in [0.5, 0.6) is 0 Å². The van der Waals surface area contributed by atoms with E-state index in [2.05, 4.69) is 21.9 Å². The van der Waals surface area contributed by atoms with Crippen LogP contribution in [-0.2, 0) is 22.5 Å². The van der Waals surface area contributed by atoms with Gasteiger partial charge in [0.2, 0.25) is 0 Å². The van der Waals surface area contributed by atoms with E-state index in [1.165, 1.54) is 11.8 Å². The molecule has 0 radical (unpaired) electrons. The molecule has 0 saturated heterocycles. The van der Waals surface area contributed by atoms with Crippen molar-refractivity contribution in [3.8, 4) is 0 Å². The number of hydrogen-bond acceptors (Lipinski definition) is 6. The average Bonchev–Trinajstić information content (AvgIpc) is 2.45. The van der Waals surface area contributed by atoms with Crippen LogP contribution in [-0.4, -0.2) is 46.3 Å². The zero-order valence-corrected chi connectivity index (χ0v) is 13.1. The fraction of sp³-hybridized carbons (Fsp3) is 0.643. The molecule has 1 aromatic rings. The van der Waals surface area contributed by atoms with Crippen molar-refractivity contribution in [2.24, 2.45) is 0 Å². The van der Waals surface area contributed by atoms with E-state index in [9.17, 15) is 4.79 Å². The molecule has 0 aromatic carbocycles. The monoisotopic (exact) mass is 295 g/mol. The van der Waals surface area contributed by atoms with Crippen molar-refractivity contribution in [2.75, 3.05) is 20.2 Å². The Kier molecular flexibility index (Phi) is 5.37. The third-order valence-electron chi connectivity index (χ3n) is 3.33. The van der Waals surface area contributed by atoms with Gasteiger partial charge in [-0.05, 0) is 20.4 Å². The van der Waals surface area contributed by atoms with Gasteiger partial charge in [0.1, 0.15) is 16.6 Å². The standard InChI is InChI=1S/C14H21N3O2S/c1-4-12(14(18)19-5-2)20-13-10-8-17(3)7-6-11(10)15-9-16-13/h9,12H,4-8H2,1-3H3/t12-/m0/s1. The van der Waals surface area contributed by atoms with Crippen LogP contribution in [0.2, 0.25) is 0 Å². The molecule has 2 heterocycles. The minimum atomic E-state index is -0.193. The minimum Gasteiger partial charge on any atom is -0.465 e. The van der Waals surface area contributed by atoms with Gasteiger partial charge in [-0.25, -0.2) is 9.97 Å². The number of rotatable bonds is 5. The van der Waals surface area contributed by atoms with Gasteiger partial charge in [0.25, 0.3) is 0 Å². The van der Waals surface area contributed by atoms with E-state index >= 15 is 0 Å². The lowest BCUT2D eigenvalue weighted by atomic mass is 10.1. The van der Waals surface area contributed by atoms with Crippen molar-refractivity contribution >= 4 is 17.7 Å². The number of fused-ring (bicyclic) bond motifs is 1. The van der Waals surface area contributed by atoms with E-state index in [0.29, 0.717) is 6.61 Å². The Balaban J connectivity index is 2.18. The Morgan fingerprint density at radius 3 is 3.00 bits per heavy atom. The molecule has 0 N–H and O–H groups in total. The van der Waals surface area contributed by atoms with Crippen molar-refractivity contribution in [3.05, 3.63) is 17.6 Å². The maximum Gasteiger partial charge on any atom is 0.319 e. The second kappa shape index (κ2) is 7.04. The molecule has 110 valence electrons. The summed E-state index contributed by atoms with van der Waals surface area (Å²) in [6.45, 7) is 6.10. The number of hydrogen-bond donors (Lipinski definition) is 0. The fourth-order valence-corrected chi connectivity index (χ4v) is 3.25. The number of esters is 1. The van der Waals surface area contributed by atoms with Gasteiger partial charge in [0, 0.05) is 25.1 Å². The van der Waals surface area contributed by atoms with Crippen molar-refractivity contribution in [3.63, 3.8) is 0 Å². The van der Waals surface area contributed by atoms with Crippen LogP contribution in [0.3, 0.4) is 0 Å². The summed E-state index contributed by atoms with van der Waals surface area (Å²) in [6, 6.07) is 0. The van der Waals surface area contributed by atoms with Crippen molar-refractivity contribution in [1.29, 1.82) is 0 Å². The number of nitrogens with zero attached hydrogens (tertiary/aromatic N) is 3. The molecule has 5 nitrogen and oxygen atoms in total. The maximum absolute atomic E-state index is 11.9. The van der Waals surface area contributed by atoms with Gasteiger partial charge in [0.05, 0.1) is 12.3 Å². The van der Waals surface area contributed by atoms with Gasteiger partial charge in [-0.2, -0.15) is 0 Å². The van der Waals surface area contributed by atoms with Gasteiger partial charge in [-0.15, -0.1) is 0 Å². The zero-order chi connectivity index (χ0) is 14.5. The predicted octanol–water partition coefficient (Wildman–Crippen LogP) is 1.90. The molecule has 0 amide bonds. The lowest BCUT2D eigenvalue weighted by Crippen LogP contribution is -2.28. The Labute approximate surface area is 124 Å². The molecule has 0 bridgehead atoms. The van der Waals surface area contributed by atoms with Crippen LogP contribution in [0.4, 0.5) is 0 Å². The molecule has 20 heavy (non-hydrogen) atoms. The minimum absolute atomic E-state index is 0.156. The highest BCUT2D eigenvalue weighted by molar-refractivity contribution is 8.00. The lowest BCUT2D eigenvalue weighted by molar-refractivity contribution is -0.142. The first-order valence-electron chi connectivity index (χ1n) is 7.00. The molecule has 2 rings (SSSR count). The molecule has 1 aliphatic heterocycles. The van der Waals surface area contributed by atoms with Crippen molar-refractivity contribution in [1.82, 2.24) is 14.9 Å². The van der Waals surface area contributed by atoms with Crippen LogP contribution in [0, 0.1) is 0 Å². The van der Waals surface area contributed by atoms with Gasteiger partial charge in [-0.1, -0.05) is 18.7 Å². The number of aromatic nitrogens is 2. The van der Waals surface area contributed by atoms with Crippen LogP contribution in [0.25, 0.3) is 0 Å². The second-order valence-electron chi connectivity index (χ2n) is 4.86. The summed E-state index contributed by atoms with van der Waals surface area (Å²) < 4.78 is 5.12. The topological polar surface area (TPSA) is 55.3 Å². The van der Waals surface area contributed by atoms with E-state index in [1.54, 1.807) is 6.33 Å². The Morgan fingerprint density at radius 1 is 1.50 bits per heavy atom. The quantitative estimate of drug-likeness (QED) is 0.470. The highest BCUT2D eigenvalue weighted by Crippen LogP contribution is 2.30. The molecule has 0 aliphatic carbocycles. The van der Waals surface area contributed by atoms with Crippen LogP contribution < -0.4 is 0 Å². The summed E-state index contributed by atoms with van der Waals surface area (Å²) in [5.41, 5.74) is 2.27. The first-order valence-corrected chi connectivity index (χ1v) is 7.88. The third kappa shape index (κ3) is 3.49. The first kappa shape index (κ1) is 15.3. The molecular weight excluding hydrogens is 274 g/mol. The van der Waals surface area contributed by atoms with Gasteiger partial charge < -0.3 is 9.64 Å². The second-order valence-corrected chi connectivity index (χ2v) is 6.05. The SMILES string of the molecule is CCOC(=O)[C@H](CC)Sc1ncnc2c1CN(C)CC2. The van der Waals surface area contributed by atoms with Gasteiger partial charge >= 0.3 is 5.97 Å². The Hall–Kier alpha value is -1.14. The van der Waals surface area contributed by atoms with Crippen LogP contribution >= 0.6 is 11.8 Å². The van der Waals surface area contributed by atoms with Gasteiger partial charge in [0.15, 0.2) is 0 Å². The summed E-state index contributed by atoms with van der Waals surface area (Å²) in [6.07, 6.45) is 3.28. The predicted molar refractivity (Wildman–Crippen MR) is 78.6 cm³/mol. The summed E-state index contributed by atoms with van der Waals surface area (Å²) in [7, 11) is 2.09. The molecule has 0 fully saturated rings. The summed E-state index contributed by atoms with van der Waals surface area (Å²) in [5.74, 6) is -0.156. The Morgan fingerprint density at radius 2 is 2.30 bits per heavy atom. The average molecular weight is 295 g/mol. The number of likely N-dealkylation sites (N-methyl/N-ethyl adjacent to an activating group) is 1. The molecule has 1 aliphatic rings. The molecule has 0 unspecified atom stereocenters.